The Morgan fingerprint density at radius 2 is 1.68 bits per heavy atom. The lowest BCUT2D eigenvalue weighted by molar-refractivity contribution is -0.137. The maximum Gasteiger partial charge on any atom is 0.343 e. The van der Waals surface area contributed by atoms with Gasteiger partial charge in [0.05, 0.1) is 12.2 Å². The lowest BCUT2D eigenvalue weighted by Gasteiger charge is -2.04. The van der Waals surface area contributed by atoms with Crippen molar-refractivity contribution in [2.75, 3.05) is 6.61 Å². The molecule has 0 unspecified atom stereocenters. The zero-order valence-corrected chi connectivity index (χ0v) is 12.2. The molecule has 0 aromatic heterocycles. The molecule has 0 saturated carbocycles. The fourth-order valence-corrected chi connectivity index (χ4v) is 1.74. The lowest BCUT2D eigenvalue weighted by Crippen LogP contribution is -2.07. The first-order valence-corrected chi connectivity index (χ1v) is 6.91. The van der Waals surface area contributed by atoms with Crippen molar-refractivity contribution < 1.29 is 19.1 Å². The summed E-state index contributed by atoms with van der Waals surface area (Å²) in [5, 5.41) is 0. The molecule has 2 rings (SSSR count). The molecule has 0 saturated heterocycles. The zero-order chi connectivity index (χ0) is 15.8. The highest BCUT2D eigenvalue weighted by Gasteiger charge is 2.07. The van der Waals surface area contributed by atoms with Gasteiger partial charge in [-0.25, -0.2) is 9.59 Å². The summed E-state index contributed by atoms with van der Waals surface area (Å²) in [4.78, 5) is 23.1. The number of hydrogen-bond donors (Lipinski definition) is 0. The fourth-order valence-electron chi connectivity index (χ4n) is 1.74. The highest BCUT2D eigenvalue weighted by molar-refractivity contribution is 5.91. The van der Waals surface area contributed by atoms with Gasteiger partial charge in [0.15, 0.2) is 0 Å². The van der Waals surface area contributed by atoms with E-state index in [4.69, 9.17) is 9.47 Å². The number of esters is 2. The van der Waals surface area contributed by atoms with Crippen molar-refractivity contribution in [2.45, 2.75) is 6.92 Å². The van der Waals surface area contributed by atoms with Crippen LogP contribution in [0.15, 0.2) is 60.7 Å². The molecule has 0 aliphatic carbocycles. The number of carbonyl (C=O) groups is 2. The molecule has 0 amide bonds. The summed E-state index contributed by atoms with van der Waals surface area (Å²) in [6, 6.07) is 15.6. The molecule has 0 bridgehead atoms. The van der Waals surface area contributed by atoms with E-state index in [0.29, 0.717) is 17.9 Å². The van der Waals surface area contributed by atoms with Gasteiger partial charge in [-0.15, -0.1) is 0 Å². The lowest BCUT2D eigenvalue weighted by atomic mass is 10.2. The zero-order valence-electron chi connectivity index (χ0n) is 12.2. The molecule has 0 aliphatic rings. The van der Waals surface area contributed by atoms with Crippen molar-refractivity contribution in [2.24, 2.45) is 0 Å². The topological polar surface area (TPSA) is 52.6 Å². The minimum atomic E-state index is -0.407. The molecule has 0 atom stereocenters. The Morgan fingerprint density at radius 1 is 1.00 bits per heavy atom. The van der Waals surface area contributed by atoms with E-state index in [-0.39, 0.29) is 5.97 Å². The first kappa shape index (κ1) is 15.5. The molecular weight excluding hydrogens is 280 g/mol. The van der Waals surface area contributed by atoms with Crippen LogP contribution in [0.25, 0.3) is 6.08 Å². The van der Waals surface area contributed by atoms with Crippen molar-refractivity contribution in [3.8, 4) is 5.75 Å². The van der Waals surface area contributed by atoms with E-state index in [1.165, 1.54) is 6.08 Å². The van der Waals surface area contributed by atoms with Gasteiger partial charge in [-0.1, -0.05) is 30.3 Å². The van der Waals surface area contributed by atoms with Gasteiger partial charge in [-0.3, -0.25) is 0 Å². The van der Waals surface area contributed by atoms with Gasteiger partial charge in [0.2, 0.25) is 0 Å². The predicted molar refractivity (Wildman–Crippen MR) is 83.5 cm³/mol. The summed E-state index contributed by atoms with van der Waals surface area (Å²) < 4.78 is 10.1. The van der Waals surface area contributed by atoms with Gasteiger partial charge in [0.1, 0.15) is 5.75 Å². The van der Waals surface area contributed by atoms with E-state index >= 15 is 0 Å². The molecule has 0 N–H and O–H groups in total. The Balaban J connectivity index is 1.97. The minimum Gasteiger partial charge on any atom is -0.463 e. The molecule has 112 valence electrons. The summed E-state index contributed by atoms with van der Waals surface area (Å²) in [5.41, 5.74) is 1.31. The molecule has 4 nitrogen and oxygen atoms in total. The molecule has 4 heteroatoms. The van der Waals surface area contributed by atoms with Crippen LogP contribution in [0.3, 0.4) is 0 Å². The molecule has 0 spiro atoms. The van der Waals surface area contributed by atoms with Crippen molar-refractivity contribution >= 4 is 18.0 Å². The molecular formula is C18H16O4. The summed E-state index contributed by atoms with van der Waals surface area (Å²) in [7, 11) is 0. The van der Waals surface area contributed by atoms with Gasteiger partial charge in [-0.2, -0.15) is 0 Å². The van der Waals surface area contributed by atoms with Crippen LogP contribution in [-0.2, 0) is 9.53 Å². The van der Waals surface area contributed by atoms with Gasteiger partial charge >= 0.3 is 11.9 Å². The van der Waals surface area contributed by atoms with Crippen molar-refractivity contribution in [1.29, 1.82) is 0 Å². The maximum absolute atomic E-state index is 11.9. The van der Waals surface area contributed by atoms with Crippen molar-refractivity contribution in [3.63, 3.8) is 0 Å². The second kappa shape index (κ2) is 7.78. The van der Waals surface area contributed by atoms with E-state index in [9.17, 15) is 9.59 Å². The Bertz CT molecular complexity index is 657. The maximum atomic E-state index is 11.9. The number of rotatable bonds is 5. The Kier molecular flexibility index (Phi) is 5.49. The predicted octanol–water partition coefficient (Wildman–Crippen LogP) is 3.48. The van der Waals surface area contributed by atoms with Crippen LogP contribution in [0.1, 0.15) is 22.8 Å². The van der Waals surface area contributed by atoms with E-state index < -0.39 is 5.97 Å². The Hall–Kier alpha value is -2.88. The molecule has 0 heterocycles. The van der Waals surface area contributed by atoms with Gasteiger partial charge in [0, 0.05) is 6.08 Å². The highest BCUT2D eigenvalue weighted by atomic mass is 16.5. The molecule has 22 heavy (non-hydrogen) atoms. The normalized spacial score (nSPS) is 10.4. The summed E-state index contributed by atoms with van der Waals surface area (Å²) in [6.07, 6.45) is 3.00. The molecule has 0 aliphatic heterocycles. The summed E-state index contributed by atoms with van der Waals surface area (Å²) in [5.74, 6) is -0.348. The second-order valence-corrected chi connectivity index (χ2v) is 4.41. The van der Waals surface area contributed by atoms with Crippen molar-refractivity contribution in [3.05, 3.63) is 71.8 Å². The molecule has 0 radical (unpaired) electrons. The molecule has 2 aromatic carbocycles. The number of ether oxygens (including phenoxy) is 2. The van der Waals surface area contributed by atoms with Crippen LogP contribution in [0.4, 0.5) is 0 Å². The number of carbonyl (C=O) groups excluding carboxylic acids is 2. The molecule has 0 fully saturated rings. The molecule has 2 aromatic rings. The number of hydrogen-bond acceptors (Lipinski definition) is 4. The third-order valence-corrected chi connectivity index (χ3v) is 2.80. The van der Waals surface area contributed by atoms with Crippen LogP contribution in [0.5, 0.6) is 5.75 Å². The fraction of sp³-hybridized carbons (Fsp3) is 0.111. The first-order chi connectivity index (χ1) is 10.7. The quantitative estimate of drug-likeness (QED) is 0.481. The average Bonchev–Trinajstić information content (AvgIpc) is 2.55. The highest BCUT2D eigenvalue weighted by Crippen LogP contribution is 2.15. The van der Waals surface area contributed by atoms with Gasteiger partial charge < -0.3 is 9.47 Å². The van der Waals surface area contributed by atoms with E-state index in [2.05, 4.69) is 0 Å². The second-order valence-electron chi connectivity index (χ2n) is 4.41. The monoisotopic (exact) mass is 296 g/mol. The van der Waals surface area contributed by atoms with Crippen LogP contribution in [0.2, 0.25) is 0 Å². The summed E-state index contributed by atoms with van der Waals surface area (Å²) in [6.45, 7) is 2.10. The smallest absolute Gasteiger partial charge is 0.343 e. The Labute approximate surface area is 129 Å². The van der Waals surface area contributed by atoms with E-state index in [1.807, 2.05) is 6.07 Å². The average molecular weight is 296 g/mol. The van der Waals surface area contributed by atoms with Crippen LogP contribution >= 0.6 is 0 Å². The van der Waals surface area contributed by atoms with Crippen molar-refractivity contribution in [1.82, 2.24) is 0 Å². The standard InChI is InChI=1S/C18H16O4/c1-2-21-17(19)13-10-14-8-11-16(12-9-14)22-18(20)15-6-4-3-5-7-15/h3-13H,2H2,1H3. The van der Waals surface area contributed by atoms with Crippen LogP contribution < -0.4 is 4.74 Å². The number of benzene rings is 2. The minimum absolute atomic E-state index is 0.345. The largest absolute Gasteiger partial charge is 0.463 e. The summed E-state index contributed by atoms with van der Waals surface area (Å²) >= 11 is 0. The third-order valence-electron chi connectivity index (χ3n) is 2.80. The first-order valence-electron chi connectivity index (χ1n) is 6.91. The van der Waals surface area contributed by atoms with Crippen LogP contribution in [0, 0.1) is 0 Å². The SMILES string of the molecule is CCOC(=O)C=Cc1ccc(OC(=O)c2ccccc2)cc1. The van der Waals surface area contributed by atoms with E-state index in [0.717, 1.165) is 5.56 Å². The van der Waals surface area contributed by atoms with Gasteiger partial charge in [-0.05, 0) is 42.8 Å². The van der Waals surface area contributed by atoms with Gasteiger partial charge in [0.25, 0.3) is 0 Å². The van der Waals surface area contributed by atoms with Crippen LogP contribution in [-0.4, -0.2) is 18.5 Å². The van der Waals surface area contributed by atoms with E-state index in [1.54, 1.807) is 61.5 Å². The Morgan fingerprint density at radius 3 is 2.32 bits per heavy atom. The third kappa shape index (κ3) is 4.59.